The Morgan fingerprint density at radius 3 is 1.96 bits per heavy atom. The average molecular weight is 417 g/mol. The van der Waals surface area contributed by atoms with Gasteiger partial charge in [0.2, 0.25) is 0 Å². The number of rotatable bonds is 8. The van der Waals surface area contributed by atoms with Gasteiger partial charge in [-0.05, 0) is 24.3 Å². The number of halogens is 2. The van der Waals surface area contributed by atoms with E-state index in [1.165, 1.54) is 18.2 Å². The Bertz CT molecular complexity index is 963. The summed E-state index contributed by atoms with van der Waals surface area (Å²) in [6.45, 7) is 0.960. The number of non-ortho nitro benzene ring substituents is 1. The Balaban J connectivity index is 2.22. The highest BCUT2D eigenvalue weighted by Gasteiger charge is 2.11. The molecule has 0 unspecified atom stereocenters. The molecule has 2 aromatic rings. The molecule has 0 saturated carbocycles. The summed E-state index contributed by atoms with van der Waals surface area (Å²) in [6.07, 6.45) is 0.645. The first kappa shape index (κ1) is 21.1. The molecule has 8 nitrogen and oxygen atoms in total. The molecule has 0 aliphatic heterocycles. The van der Waals surface area contributed by atoms with Gasteiger partial charge in [0.05, 0.1) is 39.9 Å². The first-order chi connectivity index (χ1) is 13.5. The van der Waals surface area contributed by atoms with Crippen molar-refractivity contribution < 1.29 is 4.92 Å². The van der Waals surface area contributed by atoms with Gasteiger partial charge in [0.25, 0.3) is 5.69 Å². The SMILES string of the molecule is N#CCCN(CCC#N)c1ccc(N=Nc2ccc([N+](=O)[O-])cc2Cl)c(Cl)c1. The van der Waals surface area contributed by atoms with Crippen LogP contribution in [0.4, 0.5) is 22.7 Å². The van der Waals surface area contributed by atoms with Gasteiger partial charge >= 0.3 is 0 Å². The minimum Gasteiger partial charge on any atom is -0.369 e. The fourth-order valence-corrected chi connectivity index (χ4v) is 2.74. The van der Waals surface area contributed by atoms with Crippen molar-refractivity contribution in [2.75, 3.05) is 18.0 Å². The lowest BCUT2D eigenvalue weighted by molar-refractivity contribution is -0.384. The molecular formula is C18H14Cl2N6O2. The third-order valence-electron chi connectivity index (χ3n) is 3.69. The third kappa shape index (κ3) is 5.65. The number of azo groups is 1. The van der Waals surface area contributed by atoms with Gasteiger partial charge in [0.1, 0.15) is 11.4 Å². The van der Waals surface area contributed by atoms with Gasteiger partial charge in [0.15, 0.2) is 0 Å². The number of anilines is 1. The largest absolute Gasteiger partial charge is 0.369 e. The highest BCUT2D eigenvalue weighted by molar-refractivity contribution is 6.33. The Hall–Kier alpha value is -3.20. The molecule has 142 valence electrons. The van der Waals surface area contributed by atoms with Crippen LogP contribution in [0.1, 0.15) is 12.8 Å². The van der Waals surface area contributed by atoms with E-state index in [1.807, 2.05) is 4.90 Å². The van der Waals surface area contributed by atoms with E-state index in [2.05, 4.69) is 22.4 Å². The molecular weight excluding hydrogens is 403 g/mol. The number of nitro groups is 1. The molecule has 0 N–H and O–H groups in total. The maximum atomic E-state index is 10.7. The summed E-state index contributed by atoms with van der Waals surface area (Å²) >= 11 is 12.3. The van der Waals surface area contributed by atoms with Crippen molar-refractivity contribution in [1.29, 1.82) is 10.5 Å². The quantitative estimate of drug-likeness (QED) is 0.299. The third-order valence-corrected chi connectivity index (χ3v) is 4.30. The first-order valence-corrected chi connectivity index (χ1v) is 8.86. The van der Waals surface area contributed by atoms with Crippen LogP contribution in [0.15, 0.2) is 46.6 Å². The van der Waals surface area contributed by atoms with Crippen LogP contribution in [-0.2, 0) is 0 Å². The van der Waals surface area contributed by atoms with Crippen LogP contribution in [0, 0.1) is 32.8 Å². The second kappa shape index (κ2) is 10.2. The monoisotopic (exact) mass is 416 g/mol. The van der Waals surface area contributed by atoms with Gasteiger partial charge in [-0.15, -0.1) is 10.2 Å². The van der Waals surface area contributed by atoms with E-state index in [1.54, 1.807) is 18.2 Å². The number of hydrogen-bond donors (Lipinski definition) is 0. The maximum Gasteiger partial charge on any atom is 0.271 e. The van der Waals surface area contributed by atoms with E-state index in [-0.39, 0.29) is 16.4 Å². The molecule has 0 heterocycles. The van der Waals surface area contributed by atoms with Gasteiger partial charge in [-0.2, -0.15) is 10.5 Å². The fourth-order valence-electron chi connectivity index (χ4n) is 2.31. The van der Waals surface area contributed by atoms with Crippen molar-refractivity contribution in [3.63, 3.8) is 0 Å². The summed E-state index contributed by atoms with van der Waals surface area (Å²) in [7, 11) is 0. The standard InChI is InChI=1S/C18H14Cl2N6O2/c19-15-11-13(25(9-1-7-21)10-2-8-22)3-5-17(15)23-24-18-6-4-14(26(27)28)12-16(18)20/h3-6,11-12H,1-2,9-10H2. The van der Waals surface area contributed by atoms with Crippen LogP contribution in [0.5, 0.6) is 0 Å². The maximum absolute atomic E-state index is 10.7. The minimum absolute atomic E-state index is 0.102. The van der Waals surface area contributed by atoms with Gasteiger partial charge in [0, 0.05) is 30.9 Å². The molecule has 2 aromatic carbocycles. The Morgan fingerprint density at radius 1 is 0.964 bits per heavy atom. The Labute approximate surface area is 171 Å². The summed E-state index contributed by atoms with van der Waals surface area (Å²) in [5.74, 6) is 0. The van der Waals surface area contributed by atoms with E-state index >= 15 is 0 Å². The number of nitrogens with zero attached hydrogens (tertiary/aromatic N) is 6. The lowest BCUT2D eigenvalue weighted by atomic mass is 10.2. The van der Waals surface area contributed by atoms with Crippen molar-refractivity contribution in [3.8, 4) is 12.1 Å². The zero-order valence-electron chi connectivity index (χ0n) is 14.5. The van der Waals surface area contributed by atoms with Gasteiger partial charge in [-0.3, -0.25) is 10.1 Å². The second-order valence-corrected chi connectivity index (χ2v) is 6.35. The first-order valence-electron chi connectivity index (χ1n) is 8.10. The van der Waals surface area contributed by atoms with Crippen molar-refractivity contribution >= 4 is 46.0 Å². The van der Waals surface area contributed by atoms with Crippen LogP contribution in [0.3, 0.4) is 0 Å². The highest BCUT2D eigenvalue weighted by Crippen LogP contribution is 2.34. The van der Waals surface area contributed by atoms with Crippen molar-refractivity contribution in [2.45, 2.75) is 12.8 Å². The van der Waals surface area contributed by atoms with E-state index < -0.39 is 4.92 Å². The smallest absolute Gasteiger partial charge is 0.271 e. The molecule has 10 heteroatoms. The molecule has 0 spiro atoms. The summed E-state index contributed by atoms with van der Waals surface area (Å²) in [5, 5.41) is 36.8. The molecule has 0 saturated heterocycles. The zero-order valence-corrected chi connectivity index (χ0v) is 16.1. The molecule has 0 radical (unpaired) electrons. The molecule has 0 atom stereocenters. The number of nitro benzene ring substituents is 1. The van der Waals surface area contributed by atoms with Crippen molar-refractivity contribution in [2.24, 2.45) is 10.2 Å². The zero-order chi connectivity index (χ0) is 20.5. The van der Waals surface area contributed by atoms with E-state index in [9.17, 15) is 10.1 Å². The highest BCUT2D eigenvalue weighted by atomic mass is 35.5. The van der Waals surface area contributed by atoms with Crippen LogP contribution in [0.2, 0.25) is 10.0 Å². The predicted octanol–water partition coefficient (Wildman–Crippen LogP) is 5.95. The predicted molar refractivity (Wildman–Crippen MR) is 106 cm³/mol. The fraction of sp³-hybridized carbons (Fsp3) is 0.222. The Kier molecular flexibility index (Phi) is 7.70. The molecule has 0 amide bonds. The van der Waals surface area contributed by atoms with Crippen LogP contribution in [-0.4, -0.2) is 18.0 Å². The lowest BCUT2D eigenvalue weighted by Gasteiger charge is -2.23. The van der Waals surface area contributed by atoms with Crippen molar-refractivity contribution in [3.05, 3.63) is 56.6 Å². The van der Waals surface area contributed by atoms with Crippen LogP contribution >= 0.6 is 23.2 Å². The summed E-state index contributed by atoms with van der Waals surface area (Å²) in [4.78, 5) is 12.1. The normalized spacial score (nSPS) is 10.4. The number of hydrogen-bond acceptors (Lipinski definition) is 7. The van der Waals surface area contributed by atoms with Gasteiger partial charge < -0.3 is 4.90 Å². The van der Waals surface area contributed by atoms with E-state index in [0.29, 0.717) is 36.6 Å². The molecule has 0 bridgehead atoms. The lowest BCUT2D eigenvalue weighted by Crippen LogP contribution is -2.25. The van der Waals surface area contributed by atoms with Gasteiger partial charge in [-0.1, -0.05) is 23.2 Å². The molecule has 0 aliphatic rings. The van der Waals surface area contributed by atoms with Crippen LogP contribution in [0.25, 0.3) is 0 Å². The van der Waals surface area contributed by atoms with E-state index in [0.717, 1.165) is 5.69 Å². The topological polar surface area (TPSA) is 119 Å². The summed E-state index contributed by atoms with van der Waals surface area (Å²) in [5.41, 5.74) is 1.29. The van der Waals surface area contributed by atoms with Crippen molar-refractivity contribution in [1.82, 2.24) is 0 Å². The molecule has 0 aliphatic carbocycles. The summed E-state index contributed by atoms with van der Waals surface area (Å²) < 4.78 is 0. The molecule has 2 rings (SSSR count). The van der Waals surface area contributed by atoms with Gasteiger partial charge in [-0.25, -0.2) is 0 Å². The van der Waals surface area contributed by atoms with E-state index in [4.69, 9.17) is 33.7 Å². The minimum atomic E-state index is -0.549. The second-order valence-electron chi connectivity index (χ2n) is 5.53. The molecule has 0 fully saturated rings. The molecule has 0 aromatic heterocycles. The summed E-state index contributed by atoms with van der Waals surface area (Å²) in [6, 6.07) is 13.2. The number of benzene rings is 2. The Morgan fingerprint density at radius 2 is 1.50 bits per heavy atom. The number of nitriles is 2. The average Bonchev–Trinajstić information content (AvgIpc) is 2.68. The molecule has 28 heavy (non-hydrogen) atoms. The van der Waals surface area contributed by atoms with Crippen LogP contribution < -0.4 is 4.90 Å².